The van der Waals surface area contributed by atoms with Crippen LogP contribution in [0, 0.1) is 5.82 Å². The van der Waals surface area contributed by atoms with E-state index in [0.29, 0.717) is 3.97 Å². The molecule has 0 amide bonds. The Bertz CT molecular complexity index is 977. The number of para-hydroxylation sites is 1. The Labute approximate surface area is 125 Å². The van der Waals surface area contributed by atoms with Gasteiger partial charge < -0.3 is 5.11 Å². The number of aromatic carboxylic acids is 1. The molecule has 0 aliphatic carbocycles. The molecule has 0 bridgehead atoms. The zero-order valence-electron chi connectivity index (χ0n) is 11.1. The lowest BCUT2D eigenvalue weighted by atomic mass is 10.2. The lowest BCUT2D eigenvalue weighted by molar-refractivity contribution is 0.0699. The highest BCUT2D eigenvalue weighted by atomic mass is 32.2. The minimum atomic E-state index is -4.09. The molecule has 0 radical (unpaired) electrons. The molecule has 1 aromatic heterocycles. The molecule has 3 aromatic rings. The van der Waals surface area contributed by atoms with E-state index in [2.05, 4.69) is 0 Å². The molecule has 0 saturated heterocycles. The zero-order chi connectivity index (χ0) is 15.9. The molecule has 2 aromatic carbocycles. The van der Waals surface area contributed by atoms with E-state index in [1.165, 1.54) is 36.4 Å². The summed E-state index contributed by atoms with van der Waals surface area (Å²) in [6.07, 6.45) is 0.929. The van der Waals surface area contributed by atoms with Gasteiger partial charge in [0.1, 0.15) is 11.3 Å². The maximum Gasteiger partial charge on any atom is 0.337 e. The number of halogens is 1. The molecule has 1 N–H and O–H groups in total. The molecular formula is C15H10FNO4S. The number of fused-ring (bicyclic) bond motifs is 1. The van der Waals surface area contributed by atoms with Crippen LogP contribution in [0.3, 0.4) is 0 Å². The van der Waals surface area contributed by atoms with Gasteiger partial charge in [-0.25, -0.2) is 21.6 Å². The van der Waals surface area contributed by atoms with Crippen LogP contribution in [0.5, 0.6) is 0 Å². The average molecular weight is 319 g/mol. The topological polar surface area (TPSA) is 76.4 Å². The van der Waals surface area contributed by atoms with E-state index < -0.39 is 21.8 Å². The number of carboxylic acids is 1. The van der Waals surface area contributed by atoms with Crippen molar-refractivity contribution in [2.75, 3.05) is 0 Å². The van der Waals surface area contributed by atoms with Crippen LogP contribution in [0.2, 0.25) is 0 Å². The fourth-order valence-electron chi connectivity index (χ4n) is 2.27. The summed E-state index contributed by atoms with van der Waals surface area (Å²) in [6, 6.07) is 11.2. The standard InChI is InChI=1S/C15H10FNO4S/c16-13-8-4-7-11-12(15(18)19)9-17(14(11)13)22(20,21)10-5-2-1-3-6-10/h1-9H,(H,18,19). The van der Waals surface area contributed by atoms with Crippen LogP contribution in [0.1, 0.15) is 10.4 Å². The van der Waals surface area contributed by atoms with Gasteiger partial charge in [0.25, 0.3) is 10.0 Å². The first-order valence-electron chi connectivity index (χ1n) is 6.26. The minimum Gasteiger partial charge on any atom is -0.478 e. The molecule has 0 aliphatic heterocycles. The van der Waals surface area contributed by atoms with Crippen LogP contribution in [-0.2, 0) is 10.0 Å². The van der Waals surface area contributed by atoms with Crippen LogP contribution in [-0.4, -0.2) is 23.5 Å². The number of hydrogen-bond donors (Lipinski definition) is 1. The molecule has 1 heterocycles. The average Bonchev–Trinajstić information content (AvgIpc) is 2.90. The Hall–Kier alpha value is -2.67. The molecule has 3 rings (SSSR count). The Morgan fingerprint density at radius 3 is 2.36 bits per heavy atom. The summed E-state index contributed by atoms with van der Waals surface area (Å²) in [5.41, 5.74) is -0.544. The molecule has 0 spiro atoms. The lowest BCUT2D eigenvalue weighted by Crippen LogP contribution is -2.12. The van der Waals surface area contributed by atoms with Gasteiger partial charge in [-0.3, -0.25) is 0 Å². The third kappa shape index (κ3) is 2.06. The number of carboxylic acid groups (broad SMARTS) is 1. The van der Waals surface area contributed by atoms with Crippen molar-refractivity contribution in [3.63, 3.8) is 0 Å². The van der Waals surface area contributed by atoms with Crippen molar-refractivity contribution in [1.82, 2.24) is 3.97 Å². The Morgan fingerprint density at radius 2 is 1.73 bits per heavy atom. The van der Waals surface area contributed by atoms with Gasteiger partial charge in [0.15, 0.2) is 0 Å². The predicted octanol–water partition coefficient (Wildman–Crippen LogP) is 2.72. The van der Waals surface area contributed by atoms with Gasteiger partial charge in [-0.2, -0.15) is 0 Å². The first-order valence-corrected chi connectivity index (χ1v) is 7.70. The second-order valence-electron chi connectivity index (χ2n) is 4.60. The van der Waals surface area contributed by atoms with E-state index in [-0.39, 0.29) is 21.4 Å². The van der Waals surface area contributed by atoms with Crippen LogP contribution < -0.4 is 0 Å². The number of hydrogen-bond acceptors (Lipinski definition) is 3. The summed E-state index contributed by atoms with van der Waals surface area (Å²) in [5, 5.41) is 9.23. The van der Waals surface area contributed by atoms with Crippen LogP contribution >= 0.6 is 0 Å². The second kappa shape index (κ2) is 4.96. The van der Waals surface area contributed by atoms with Crippen molar-refractivity contribution in [3.8, 4) is 0 Å². The fraction of sp³-hybridized carbons (Fsp3) is 0. The highest BCUT2D eigenvalue weighted by Crippen LogP contribution is 2.28. The predicted molar refractivity (Wildman–Crippen MR) is 77.9 cm³/mol. The molecule has 7 heteroatoms. The summed E-state index contributed by atoms with van der Waals surface area (Å²) in [7, 11) is -4.09. The maximum atomic E-state index is 14.1. The summed E-state index contributed by atoms with van der Waals surface area (Å²) in [6.45, 7) is 0. The number of aromatic nitrogens is 1. The first kappa shape index (κ1) is 14.3. The molecule has 0 fully saturated rings. The molecule has 112 valence electrons. The van der Waals surface area contributed by atoms with E-state index in [1.54, 1.807) is 6.07 Å². The summed E-state index contributed by atoms with van der Waals surface area (Å²) < 4.78 is 40.0. The van der Waals surface area contributed by atoms with Gasteiger partial charge >= 0.3 is 5.97 Å². The molecule has 0 atom stereocenters. The lowest BCUT2D eigenvalue weighted by Gasteiger charge is -2.07. The van der Waals surface area contributed by atoms with Crippen molar-refractivity contribution < 1.29 is 22.7 Å². The van der Waals surface area contributed by atoms with Crippen molar-refractivity contribution >= 4 is 26.9 Å². The monoisotopic (exact) mass is 319 g/mol. The minimum absolute atomic E-state index is 0.0343. The van der Waals surface area contributed by atoms with Gasteiger partial charge in [-0.15, -0.1) is 0 Å². The van der Waals surface area contributed by atoms with Crippen molar-refractivity contribution in [2.24, 2.45) is 0 Å². The third-order valence-corrected chi connectivity index (χ3v) is 4.95. The largest absolute Gasteiger partial charge is 0.478 e. The molecule has 0 aliphatic rings. The zero-order valence-corrected chi connectivity index (χ0v) is 11.9. The highest BCUT2D eigenvalue weighted by Gasteiger charge is 2.25. The maximum absolute atomic E-state index is 14.1. The fourth-order valence-corrected chi connectivity index (χ4v) is 3.67. The number of nitrogens with zero attached hydrogens (tertiary/aromatic N) is 1. The van der Waals surface area contributed by atoms with Crippen LogP contribution in [0.4, 0.5) is 4.39 Å². The van der Waals surface area contributed by atoms with Crippen molar-refractivity contribution in [3.05, 3.63) is 66.1 Å². The normalized spacial score (nSPS) is 11.7. The highest BCUT2D eigenvalue weighted by molar-refractivity contribution is 7.90. The van der Waals surface area contributed by atoms with E-state index in [1.807, 2.05) is 0 Å². The summed E-state index contributed by atoms with van der Waals surface area (Å²) >= 11 is 0. The van der Waals surface area contributed by atoms with E-state index in [9.17, 15) is 22.7 Å². The smallest absolute Gasteiger partial charge is 0.337 e. The molecule has 0 unspecified atom stereocenters. The molecular weight excluding hydrogens is 309 g/mol. The van der Waals surface area contributed by atoms with E-state index in [0.717, 1.165) is 12.3 Å². The second-order valence-corrected chi connectivity index (χ2v) is 6.41. The van der Waals surface area contributed by atoms with E-state index in [4.69, 9.17) is 0 Å². The van der Waals surface area contributed by atoms with Gasteiger partial charge in [0, 0.05) is 11.6 Å². The quantitative estimate of drug-likeness (QED) is 0.805. The van der Waals surface area contributed by atoms with Crippen molar-refractivity contribution in [2.45, 2.75) is 4.90 Å². The first-order chi connectivity index (χ1) is 10.4. The Kier molecular flexibility index (Phi) is 3.22. The van der Waals surface area contributed by atoms with Crippen molar-refractivity contribution in [1.29, 1.82) is 0 Å². The number of carbonyl (C=O) groups is 1. The Balaban J connectivity index is 2.40. The van der Waals surface area contributed by atoms with E-state index >= 15 is 0 Å². The summed E-state index contributed by atoms with van der Waals surface area (Å²) in [4.78, 5) is 11.2. The van der Waals surface area contributed by atoms with Gasteiger partial charge in [-0.05, 0) is 18.2 Å². The third-order valence-electron chi connectivity index (χ3n) is 3.27. The molecule has 22 heavy (non-hydrogen) atoms. The van der Waals surface area contributed by atoms with Gasteiger partial charge in [0.05, 0.1) is 10.5 Å². The SMILES string of the molecule is O=C(O)c1cn(S(=O)(=O)c2ccccc2)c2c(F)cccc12. The number of benzene rings is 2. The van der Waals surface area contributed by atoms with Crippen LogP contribution in [0.25, 0.3) is 10.9 Å². The van der Waals surface area contributed by atoms with Gasteiger partial charge in [-0.1, -0.05) is 30.3 Å². The number of rotatable bonds is 3. The van der Waals surface area contributed by atoms with Crippen LogP contribution in [0.15, 0.2) is 59.6 Å². The van der Waals surface area contributed by atoms with Gasteiger partial charge in [0.2, 0.25) is 0 Å². The summed E-state index contributed by atoms with van der Waals surface area (Å²) in [5.74, 6) is -2.12. The molecule has 0 saturated carbocycles. The Morgan fingerprint density at radius 1 is 1.05 bits per heavy atom. The molecule has 5 nitrogen and oxygen atoms in total.